The molecule has 6 nitrogen and oxygen atoms in total. The van der Waals surface area contributed by atoms with Gasteiger partial charge in [0, 0.05) is 13.1 Å². The Hall–Kier alpha value is -0.970. The van der Waals surface area contributed by atoms with Crippen molar-refractivity contribution in [1.29, 1.82) is 0 Å². The van der Waals surface area contributed by atoms with E-state index in [1.54, 1.807) is 12.1 Å². The molecular weight excluding hydrogens is 464 g/mol. The van der Waals surface area contributed by atoms with Crippen LogP contribution in [0.3, 0.4) is 0 Å². The van der Waals surface area contributed by atoms with E-state index in [-0.39, 0.29) is 48.1 Å². The maximum Gasteiger partial charge on any atom is 0.194 e. The van der Waals surface area contributed by atoms with E-state index >= 15 is 0 Å². The Morgan fingerprint density at radius 1 is 1.26 bits per heavy atom. The van der Waals surface area contributed by atoms with Gasteiger partial charge in [-0.2, -0.15) is 0 Å². The molecule has 0 spiro atoms. The van der Waals surface area contributed by atoms with E-state index in [1.807, 2.05) is 6.92 Å². The van der Waals surface area contributed by atoms with E-state index in [0.717, 1.165) is 24.6 Å². The minimum atomic E-state index is -0.237. The number of aliphatic imine (C=N–C) groups is 1. The van der Waals surface area contributed by atoms with Crippen molar-refractivity contribution in [3.05, 3.63) is 35.6 Å². The standard InChI is InChI=1S/C19H28FN3O3.HI/c1-3-21-19(22-10-17-13-24-8-9-25-17)23-11-14(2)26-18(12-23)15-4-6-16(20)7-5-15;/h4-7,14,17-18H,3,8-13H2,1-2H3,(H,21,22);1H. The SMILES string of the molecule is CCNC(=NCC1COCCO1)N1CC(C)OC(c2ccc(F)cc2)C1.I. The average Bonchev–Trinajstić information content (AvgIpc) is 2.66. The summed E-state index contributed by atoms with van der Waals surface area (Å²) < 4.78 is 30.4. The zero-order valence-corrected chi connectivity index (χ0v) is 18.2. The van der Waals surface area contributed by atoms with E-state index in [1.165, 1.54) is 12.1 Å². The summed E-state index contributed by atoms with van der Waals surface area (Å²) in [5, 5.41) is 3.36. The van der Waals surface area contributed by atoms with Crippen molar-refractivity contribution in [2.45, 2.75) is 32.2 Å². The Morgan fingerprint density at radius 2 is 2.04 bits per heavy atom. The molecule has 1 aromatic carbocycles. The lowest BCUT2D eigenvalue weighted by Gasteiger charge is -2.39. The van der Waals surface area contributed by atoms with Crippen LogP contribution in [0.15, 0.2) is 29.3 Å². The van der Waals surface area contributed by atoms with E-state index in [9.17, 15) is 4.39 Å². The van der Waals surface area contributed by atoms with Crippen LogP contribution in [-0.2, 0) is 14.2 Å². The minimum Gasteiger partial charge on any atom is -0.376 e. The van der Waals surface area contributed by atoms with E-state index in [2.05, 4.69) is 17.1 Å². The summed E-state index contributed by atoms with van der Waals surface area (Å²) in [5.74, 6) is 0.614. The predicted molar refractivity (Wildman–Crippen MR) is 113 cm³/mol. The van der Waals surface area contributed by atoms with Gasteiger partial charge in [-0.3, -0.25) is 4.99 Å². The summed E-state index contributed by atoms with van der Waals surface area (Å²) in [6, 6.07) is 6.52. The smallest absolute Gasteiger partial charge is 0.194 e. The van der Waals surface area contributed by atoms with Gasteiger partial charge in [0.25, 0.3) is 0 Å². The van der Waals surface area contributed by atoms with Crippen molar-refractivity contribution in [2.75, 3.05) is 46.0 Å². The molecule has 1 N–H and O–H groups in total. The van der Waals surface area contributed by atoms with Gasteiger partial charge in [0.05, 0.1) is 39.0 Å². The lowest BCUT2D eigenvalue weighted by Crippen LogP contribution is -2.51. The second kappa shape index (κ2) is 11.1. The van der Waals surface area contributed by atoms with Gasteiger partial charge in [0.2, 0.25) is 0 Å². The van der Waals surface area contributed by atoms with Crippen LogP contribution < -0.4 is 5.32 Å². The topological polar surface area (TPSA) is 55.3 Å². The molecule has 0 radical (unpaired) electrons. The zero-order valence-electron chi connectivity index (χ0n) is 15.9. The van der Waals surface area contributed by atoms with Crippen LogP contribution in [0.5, 0.6) is 0 Å². The summed E-state index contributed by atoms with van der Waals surface area (Å²) in [7, 11) is 0. The van der Waals surface area contributed by atoms with Crippen LogP contribution in [0.25, 0.3) is 0 Å². The van der Waals surface area contributed by atoms with Crippen LogP contribution >= 0.6 is 24.0 Å². The Bertz CT molecular complexity index is 596. The Kier molecular flexibility index (Phi) is 9.20. The fourth-order valence-corrected chi connectivity index (χ4v) is 3.24. The number of hydrogen-bond donors (Lipinski definition) is 1. The summed E-state index contributed by atoms with van der Waals surface area (Å²) in [4.78, 5) is 6.95. The van der Waals surface area contributed by atoms with E-state index in [4.69, 9.17) is 19.2 Å². The highest BCUT2D eigenvalue weighted by molar-refractivity contribution is 14.0. The van der Waals surface area contributed by atoms with Crippen molar-refractivity contribution >= 4 is 29.9 Å². The normalized spacial score (nSPS) is 26.4. The molecule has 1 aromatic rings. The molecule has 8 heteroatoms. The van der Waals surface area contributed by atoms with E-state index < -0.39 is 0 Å². The van der Waals surface area contributed by atoms with Gasteiger partial charge in [-0.05, 0) is 31.5 Å². The highest BCUT2D eigenvalue weighted by atomic mass is 127. The Labute approximate surface area is 177 Å². The number of morpholine rings is 1. The molecule has 0 saturated carbocycles. The fraction of sp³-hybridized carbons (Fsp3) is 0.632. The Morgan fingerprint density at radius 3 is 2.70 bits per heavy atom. The molecule has 0 aliphatic carbocycles. The quantitative estimate of drug-likeness (QED) is 0.397. The number of ether oxygens (including phenoxy) is 3. The van der Waals surface area contributed by atoms with Crippen LogP contribution in [0, 0.1) is 5.82 Å². The van der Waals surface area contributed by atoms with Crippen molar-refractivity contribution < 1.29 is 18.6 Å². The molecule has 3 atom stereocenters. The average molecular weight is 493 g/mol. The lowest BCUT2D eigenvalue weighted by atomic mass is 10.1. The molecule has 2 fully saturated rings. The molecule has 2 saturated heterocycles. The number of benzene rings is 1. The first-order valence-electron chi connectivity index (χ1n) is 9.29. The number of halogens is 2. The highest BCUT2D eigenvalue weighted by Crippen LogP contribution is 2.25. The maximum absolute atomic E-state index is 13.2. The van der Waals surface area contributed by atoms with Gasteiger partial charge in [-0.25, -0.2) is 4.39 Å². The molecule has 2 aliphatic rings. The third-order valence-electron chi connectivity index (χ3n) is 4.47. The third kappa shape index (κ3) is 6.55. The fourth-order valence-electron chi connectivity index (χ4n) is 3.24. The van der Waals surface area contributed by atoms with Crippen LogP contribution in [-0.4, -0.2) is 69.1 Å². The Balaban J connectivity index is 0.00000261. The molecule has 152 valence electrons. The maximum atomic E-state index is 13.2. The molecule has 0 amide bonds. The van der Waals surface area contributed by atoms with Gasteiger partial charge in [0.1, 0.15) is 18.0 Å². The molecular formula is C19H29FIN3O3. The van der Waals surface area contributed by atoms with Crippen LogP contribution in [0.4, 0.5) is 4.39 Å². The lowest BCUT2D eigenvalue weighted by molar-refractivity contribution is -0.0836. The number of nitrogens with zero attached hydrogens (tertiary/aromatic N) is 2. The number of rotatable bonds is 4. The number of nitrogens with one attached hydrogen (secondary N) is 1. The molecule has 3 rings (SSSR count). The van der Waals surface area contributed by atoms with Gasteiger partial charge in [-0.1, -0.05) is 12.1 Å². The van der Waals surface area contributed by atoms with Gasteiger partial charge in [0.15, 0.2) is 5.96 Å². The minimum absolute atomic E-state index is 0. The molecule has 2 aliphatic heterocycles. The van der Waals surface area contributed by atoms with Crippen molar-refractivity contribution in [3.63, 3.8) is 0 Å². The largest absolute Gasteiger partial charge is 0.376 e. The second-order valence-corrected chi connectivity index (χ2v) is 6.65. The van der Waals surface area contributed by atoms with E-state index in [0.29, 0.717) is 32.9 Å². The summed E-state index contributed by atoms with van der Waals surface area (Å²) in [5.41, 5.74) is 0.975. The van der Waals surface area contributed by atoms with Crippen molar-refractivity contribution in [2.24, 2.45) is 4.99 Å². The highest BCUT2D eigenvalue weighted by Gasteiger charge is 2.28. The predicted octanol–water partition coefficient (Wildman–Crippen LogP) is 2.59. The summed E-state index contributed by atoms with van der Waals surface area (Å²) >= 11 is 0. The summed E-state index contributed by atoms with van der Waals surface area (Å²) in [6.45, 7) is 8.74. The first-order chi connectivity index (χ1) is 12.7. The number of hydrogen-bond acceptors (Lipinski definition) is 4. The van der Waals surface area contributed by atoms with Crippen LogP contribution in [0.1, 0.15) is 25.5 Å². The second-order valence-electron chi connectivity index (χ2n) is 6.65. The van der Waals surface area contributed by atoms with Crippen molar-refractivity contribution in [3.8, 4) is 0 Å². The molecule has 27 heavy (non-hydrogen) atoms. The first kappa shape index (κ1) is 22.3. The third-order valence-corrected chi connectivity index (χ3v) is 4.47. The molecule has 0 bridgehead atoms. The van der Waals surface area contributed by atoms with Gasteiger partial charge >= 0.3 is 0 Å². The summed E-state index contributed by atoms with van der Waals surface area (Å²) in [6.07, 6.45) is -0.0573. The van der Waals surface area contributed by atoms with Crippen LogP contribution in [0.2, 0.25) is 0 Å². The number of guanidine groups is 1. The van der Waals surface area contributed by atoms with Crippen molar-refractivity contribution in [1.82, 2.24) is 10.2 Å². The zero-order chi connectivity index (χ0) is 18.4. The van der Waals surface area contributed by atoms with Gasteiger partial charge < -0.3 is 24.4 Å². The monoisotopic (exact) mass is 493 g/mol. The first-order valence-corrected chi connectivity index (χ1v) is 9.29. The van der Waals surface area contributed by atoms with Gasteiger partial charge in [-0.15, -0.1) is 24.0 Å². The molecule has 0 aromatic heterocycles. The molecule has 2 heterocycles. The molecule has 3 unspecified atom stereocenters.